The third-order valence-corrected chi connectivity index (χ3v) is 3.25. The third kappa shape index (κ3) is 13.7. The Morgan fingerprint density at radius 1 is 1.23 bits per heavy atom. The summed E-state index contributed by atoms with van der Waals surface area (Å²) < 4.78 is 8.39. The van der Waals surface area contributed by atoms with Gasteiger partial charge in [0.1, 0.15) is 11.6 Å². The van der Waals surface area contributed by atoms with Crippen LogP contribution < -0.4 is 16.4 Å². The second-order valence-corrected chi connectivity index (χ2v) is 9.30. The monoisotopic (exact) mass is 435 g/mol. The van der Waals surface area contributed by atoms with Gasteiger partial charge in [0.25, 0.3) is 0 Å². The maximum absolute atomic E-state index is 11.9. The van der Waals surface area contributed by atoms with Crippen molar-refractivity contribution >= 4 is 46.8 Å². The molecule has 3 atom stereocenters. The van der Waals surface area contributed by atoms with Crippen LogP contribution in [0.2, 0.25) is 0 Å². The zero-order chi connectivity index (χ0) is 20.5. The first-order valence-corrected chi connectivity index (χ1v) is 9.24. The van der Waals surface area contributed by atoms with E-state index in [9.17, 15) is 14.7 Å². The summed E-state index contributed by atoms with van der Waals surface area (Å²) in [7, 11) is 0. The molecule has 0 saturated carbocycles. The van der Waals surface area contributed by atoms with Crippen LogP contribution in [-0.2, 0) is 14.3 Å². The van der Waals surface area contributed by atoms with E-state index in [-0.39, 0.29) is 12.5 Å². The molecule has 3 unspecified atom stereocenters. The molecule has 11 heteroatoms. The molecule has 154 valence electrons. The van der Waals surface area contributed by atoms with Gasteiger partial charge in [0.2, 0.25) is 9.70 Å². The molecular formula is C15H28Cl3N3O5. The van der Waals surface area contributed by atoms with Crippen molar-refractivity contribution in [3.05, 3.63) is 0 Å². The SMILES string of the molecule is CC(NC(=O)OC(C)(C)C)C(=O)NCCCC(N)C(O)OCC(Cl)(Cl)Cl. The highest BCUT2D eigenvalue weighted by Crippen LogP contribution is 2.26. The van der Waals surface area contributed by atoms with E-state index in [2.05, 4.69) is 10.6 Å². The highest BCUT2D eigenvalue weighted by atomic mass is 35.6. The van der Waals surface area contributed by atoms with E-state index in [0.717, 1.165) is 0 Å². The first-order chi connectivity index (χ1) is 11.7. The predicted molar refractivity (Wildman–Crippen MR) is 101 cm³/mol. The normalized spacial score (nSPS) is 15.7. The molecule has 0 fully saturated rings. The smallest absolute Gasteiger partial charge is 0.408 e. The number of carbonyl (C=O) groups is 2. The number of ether oxygens (including phenoxy) is 2. The van der Waals surface area contributed by atoms with Crippen molar-refractivity contribution in [3.8, 4) is 0 Å². The first-order valence-electron chi connectivity index (χ1n) is 8.10. The zero-order valence-corrected chi connectivity index (χ0v) is 17.6. The quantitative estimate of drug-likeness (QED) is 0.248. The molecule has 0 aliphatic carbocycles. The molecule has 0 spiro atoms. The van der Waals surface area contributed by atoms with Crippen LogP contribution in [0.1, 0.15) is 40.5 Å². The maximum Gasteiger partial charge on any atom is 0.408 e. The fourth-order valence-electron chi connectivity index (χ4n) is 1.70. The van der Waals surface area contributed by atoms with Gasteiger partial charge in [-0.05, 0) is 40.5 Å². The molecule has 0 rings (SSSR count). The van der Waals surface area contributed by atoms with Crippen molar-refractivity contribution in [1.82, 2.24) is 10.6 Å². The van der Waals surface area contributed by atoms with Crippen molar-refractivity contribution in [3.63, 3.8) is 0 Å². The van der Waals surface area contributed by atoms with Gasteiger partial charge >= 0.3 is 6.09 Å². The second-order valence-electron chi connectivity index (χ2n) is 6.78. The third-order valence-electron chi connectivity index (χ3n) is 2.92. The summed E-state index contributed by atoms with van der Waals surface area (Å²) in [6, 6.07) is -1.45. The van der Waals surface area contributed by atoms with Crippen LogP contribution in [0.4, 0.5) is 4.79 Å². The van der Waals surface area contributed by atoms with E-state index >= 15 is 0 Å². The van der Waals surface area contributed by atoms with Crippen molar-refractivity contribution in [2.75, 3.05) is 13.2 Å². The summed E-state index contributed by atoms with van der Waals surface area (Å²) in [5.41, 5.74) is 5.11. The van der Waals surface area contributed by atoms with Crippen LogP contribution >= 0.6 is 34.8 Å². The van der Waals surface area contributed by atoms with E-state index in [1.807, 2.05) is 0 Å². The first kappa shape index (κ1) is 25.5. The van der Waals surface area contributed by atoms with Gasteiger partial charge in [0, 0.05) is 6.54 Å². The van der Waals surface area contributed by atoms with Crippen LogP contribution in [-0.4, -0.2) is 58.0 Å². The van der Waals surface area contributed by atoms with Gasteiger partial charge in [-0.15, -0.1) is 0 Å². The lowest BCUT2D eigenvalue weighted by atomic mass is 10.1. The zero-order valence-electron chi connectivity index (χ0n) is 15.4. The molecule has 0 heterocycles. The maximum atomic E-state index is 11.9. The van der Waals surface area contributed by atoms with Gasteiger partial charge in [-0.3, -0.25) is 4.79 Å². The van der Waals surface area contributed by atoms with E-state index in [4.69, 9.17) is 50.0 Å². The van der Waals surface area contributed by atoms with Gasteiger partial charge in [0.05, 0.1) is 12.6 Å². The fourth-order valence-corrected chi connectivity index (χ4v) is 1.89. The van der Waals surface area contributed by atoms with E-state index in [0.29, 0.717) is 19.4 Å². The molecule has 0 aromatic heterocycles. The van der Waals surface area contributed by atoms with E-state index in [1.165, 1.54) is 0 Å². The number of alkyl carbamates (subject to hydrolysis) is 1. The number of aliphatic hydroxyl groups excluding tert-OH is 1. The summed E-state index contributed by atoms with van der Waals surface area (Å²) in [6.07, 6.45) is -1.10. The molecule has 8 nitrogen and oxygen atoms in total. The average Bonchev–Trinajstić information content (AvgIpc) is 2.45. The Bertz CT molecular complexity index is 455. The van der Waals surface area contributed by atoms with E-state index in [1.54, 1.807) is 27.7 Å². The number of hydrogen-bond donors (Lipinski definition) is 4. The molecule has 0 aromatic rings. The Kier molecular flexibility index (Phi) is 11.1. The lowest BCUT2D eigenvalue weighted by Crippen LogP contribution is -2.46. The summed E-state index contributed by atoms with van der Waals surface area (Å²) >= 11 is 16.5. The number of halogens is 3. The van der Waals surface area contributed by atoms with Gasteiger partial charge < -0.3 is 30.9 Å². The number of alkyl halides is 3. The Labute approximate surface area is 169 Å². The van der Waals surface area contributed by atoms with Crippen LogP contribution in [0.3, 0.4) is 0 Å². The number of carbonyl (C=O) groups excluding carboxylic acids is 2. The molecule has 0 aliphatic rings. The van der Waals surface area contributed by atoms with E-state index < -0.39 is 33.9 Å². The van der Waals surface area contributed by atoms with Gasteiger partial charge in [-0.1, -0.05) is 34.8 Å². The molecule has 0 saturated heterocycles. The summed E-state index contributed by atoms with van der Waals surface area (Å²) in [4.78, 5) is 23.5. The van der Waals surface area contributed by atoms with Gasteiger partial charge in [-0.2, -0.15) is 0 Å². The topological polar surface area (TPSA) is 123 Å². The molecule has 0 aromatic carbocycles. The Morgan fingerprint density at radius 2 is 1.81 bits per heavy atom. The Hall–Kier alpha value is -0.510. The standard InChI is InChI=1S/C15H28Cl3N3O5/c1-9(21-13(24)26-14(2,3)4)11(22)20-7-5-6-10(19)12(23)25-8-15(16,17)18/h9-10,12,23H,5-8,19H2,1-4H3,(H,20,22)(H,21,24). The minimum atomic E-state index is -1.63. The highest BCUT2D eigenvalue weighted by Gasteiger charge is 2.24. The predicted octanol–water partition coefficient (Wildman–Crippen LogP) is 1.83. The highest BCUT2D eigenvalue weighted by molar-refractivity contribution is 6.67. The number of aliphatic hydroxyl groups is 1. The number of hydrogen-bond acceptors (Lipinski definition) is 6. The molecule has 26 heavy (non-hydrogen) atoms. The number of nitrogens with two attached hydrogens (primary N) is 1. The number of amides is 2. The summed E-state index contributed by atoms with van der Waals surface area (Å²) in [5, 5.41) is 14.8. The van der Waals surface area contributed by atoms with Crippen LogP contribution in [0.25, 0.3) is 0 Å². The minimum absolute atomic E-state index is 0.295. The lowest BCUT2D eigenvalue weighted by molar-refractivity contribution is -0.122. The summed E-state index contributed by atoms with van der Waals surface area (Å²) in [6.45, 7) is 6.74. The Balaban J connectivity index is 4.01. The second kappa shape index (κ2) is 11.4. The van der Waals surface area contributed by atoms with Crippen molar-refractivity contribution < 1.29 is 24.2 Å². The molecular weight excluding hydrogens is 409 g/mol. The lowest BCUT2D eigenvalue weighted by Gasteiger charge is -2.22. The number of nitrogens with one attached hydrogen (secondary N) is 2. The van der Waals surface area contributed by atoms with Gasteiger partial charge in [0.15, 0.2) is 6.29 Å². The molecule has 0 aliphatic heterocycles. The largest absolute Gasteiger partial charge is 0.444 e. The molecule has 5 N–H and O–H groups in total. The van der Waals surface area contributed by atoms with Crippen LogP contribution in [0.15, 0.2) is 0 Å². The minimum Gasteiger partial charge on any atom is -0.444 e. The van der Waals surface area contributed by atoms with Crippen LogP contribution in [0.5, 0.6) is 0 Å². The van der Waals surface area contributed by atoms with Crippen molar-refractivity contribution in [2.45, 2.75) is 68.3 Å². The average molecular weight is 437 g/mol. The van der Waals surface area contributed by atoms with Crippen molar-refractivity contribution in [2.24, 2.45) is 5.73 Å². The Morgan fingerprint density at radius 3 is 2.31 bits per heavy atom. The number of rotatable bonds is 9. The molecule has 0 bridgehead atoms. The van der Waals surface area contributed by atoms with Gasteiger partial charge in [-0.25, -0.2) is 4.79 Å². The van der Waals surface area contributed by atoms with Crippen LogP contribution in [0, 0.1) is 0 Å². The molecule has 2 amide bonds. The summed E-state index contributed by atoms with van der Waals surface area (Å²) in [5.74, 6) is -0.363. The van der Waals surface area contributed by atoms with Crippen molar-refractivity contribution in [1.29, 1.82) is 0 Å². The molecule has 0 radical (unpaired) electrons. The fraction of sp³-hybridized carbons (Fsp3) is 0.867.